The Morgan fingerprint density at radius 3 is 2.55 bits per heavy atom. The molecule has 2 fully saturated rings. The smallest absolute Gasteiger partial charge is 0.338 e. The first-order chi connectivity index (χ1) is 14.1. The van der Waals surface area contributed by atoms with Gasteiger partial charge in [-0.15, -0.1) is 0 Å². The first kappa shape index (κ1) is 19.4. The second kappa shape index (κ2) is 8.62. The number of aliphatic hydroxyl groups is 1. The fraction of sp³-hybridized carbons (Fsp3) is 0.333. The predicted molar refractivity (Wildman–Crippen MR) is 107 cm³/mol. The normalized spacial score (nSPS) is 26.9. The van der Waals surface area contributed by atoms with Gasteiger partial charge < -0.3 is 14.6 Å². The zero-order valence-corrected chi connectivity index (χ0v) is 16.0. The van der Waals surface area contributed by atoms with Crippen molar-refractivity contribution in [3.05, 3.63) is 83.9 Å². The van der Waals surface area contributed by atoms with E-state index in [-0.39, 0.29) is 36.0 Å². The lowest BCUT2D eigenvalue weighted by molar-refractivity contribution is -0.141. The second-order valence-corrected chi connectivity index (χ2v) is 7.66. The van der Waals surface area contributed by atoms with Crippen molar-refractivity contribution in [3.63, 3.8) is 0 Å². The molecule has 0 aromatic heterocycles. The number of rotatable bonds is 6. The number of hydrogen-bond acceptors (Lipinski definition) is 5. The summed E-state index contributed by atoms with van der Waals surface area (Å²) < 4.78 is 11.2. The molecule has 2 aromatic rings. The van der Waals surface area contributed by atoms with Crippen LogP contribution >= 0.6 is 0 Å². The molecule has 1 aliphatic heterocycles. The molecular weight excluding hydrogens is 368 g/mol. The minimum absolute atomic E-state index is 0.0313. The summed E-state index contributed by atoms with van der Waals surface area (Å²) in [6.07, 6.45) is 3.66. The lowest BCUT2D eigenvalue weighted by Crippen LogP contribution is -2.25. The summed E-state index contributed by atoms with van der Waals surface area (Å²) >= 11 is 0. The molecule has 0 radical (unpaired) electrons. The van der Waals surface area contributed by atoms with E-state index in [9.17, 15) is 14.7 Å². The van der Waals surface area contributed by atoms with E-state index in [0.717, 1.165) is 5.56 Å². The van der Waals surface area contributed by atoms with E-state index in [1.165, 1.54) is 0 Å². The number of aliphatic hydroxyl groups excluding tert-OH is 1. The second-order valence-electron chi connectivity index (χ2n) is 7.66. The van der Waals surface area contributed by atoms with Gasteiger partial charge in [0.05, 0.1) is 18.1 Å². The molecule has 2 aromatic carbocycles. The van der Waals surface area contributed by atoms with Crippen LogP contribution in [0.15, 0.2) is 72.8 Å². The fourth-order valence-electron chi connectivity index (χ4n) is 4.25. The van der Waals surface area contributed by atoms with Gasteiger partial charge in [0.2, 0.25) is 0 Å². The first-order valence-corrected chi connectivity index (χ1v) is 9.96. The summed E-state index contributed by atoms with van der Waals surface area (Å²) in [5.41, 5.74) is 1.54. The Bertz CT molecular complexity index is 877. The van der Waals surface area contributed by atoms with E-state index in [1.54, 1.807) is 30.3 Å². The number of esters is 2. The number of benzene rings is 2. The molecule has 5 heteroatoms. The maximum absolute atomic E-state index is 12.5. The van der Waals surface area contributed by atoms with Crippen LogP contribution in [0.4, 0.5) is 0 Å². The SMILES string of the molecule is O=C1C[C@@H]2[C@@H](C=C[C@@H](O)Cc3ccccc3)[C@H](OC(=O)c3ccccc3)C[C@@H]2O1. The Morgan fingerprint density at radius 1 is 1.14 bits per heavy atom. The molecule has 1 saturated heterocycles. The number of hydrogen-bond donors (Lipinski definition) is 1. The van der Waals surface area contributed by atoms with Crippen molar-refractivity contribution in [1.82, 2.24) is 0 Å². The maximum atomic E-state index is 12.5. The highest BCUT2D eigenvalue weighted by Crippen LogP contribution is 2.43. The first-order valence-electron chi connectivity index (χ1n) is 9.96. The molecule has 1 heterocycles. The van der Waals surface area contributed by atoms with Gasteiger partial charge in [-0.25, -0.2) is 4.79 Å². The van der Waals surface area contributed by atoms with Gasteiger partial charge in [0, 0.05) is 24.7 Å². The number of carbonyl (C=O) groups is 2. The molecule has 0 unspecified atom stereocenters. The van der Waals surface area contributed by atoms with Crippen LogP contribution in [0.2, 0.25) is 0 Å². The summed E-state index contributed by atoms with van der Waals surface area (Å²) in [6.45, 7) is 0. The third kappa shape index (κ3) is 4.57. The molecule has 0 bridgehead atoms. The monoisotopic (exact) mass is 392 g/mol. The predicted octanol–water partition coefficient (Wildman–Crippen LogP) is 3.32. The van der Waals surface area contributed by atoms with Crippen molar-refractivity contribution >= 4 is 11.9 Å². The van der Waals surface area contributed by atoms with E-state index in [0.29, 0.717) is 24.8 Å². The number of ether oxygens (including phenoxy) is 2. The van der Waals surface area contributed by atoms with Crippen molar-refractivity contribution in [2.45, 2.75) is 37.6 Å². The van der Waals surface area contributed by atoms with Crippen molar-refractivity contribution < 1.29 is 24.2 Å². The Hall–Kier alpha value is -2.92. The highest BCUT2D eigenvalue weighted by atomic mass is 16.6. The summed E-state index contributed by atoms with van der Waals surface area (Å²) in [5.74, 6) is -0.790. The largest absolute Gasteiger partial charge is 0.462 e. The quantitative estimate of drug-likeness (QED) is 0.603. The molecule has 2 aliphatic rings. The summed E-state index contributed by atoms with van der Waals surface area (Å²) in [5, 5.41) is 10.4. The lowest BCUT2D eigenvalue weighted by Gasteiger charge is -2.20. The van der Waals surface area contributed by atoms with E-state index in [2.05, 4.69) is 0 Å². The van der Waals surface area contributed by atoms with Crippen LogP contribution < -0.4 is 0 Å². The zero-order chi connectivity index (χ0) is 20.2. The Labute approximate surface area is 170 Å². The fourth-order valence-corrected chi connectivity index (χ4v) is 4.25. The zero-order valence-electron chi connectivity index (χ0n) is 16.0. The average Bonchev–Trinajstić information content (AvgIpc) is 3.23. The molecule has 5 nitrogen and oxygen atoms in total. The van der Waals surface area contributed by atoms with E-state index in [4.69, 9.17) is 9.47 Å². The van der Waals surface area contributed by atoms with Crippen molar-refractivity contribution in [1.29, 1.82) is 0 Å². The molecule has 4 rings (SSSR count). The molecular formula is C24H24O5. The van der Waals surface area contributed by atoms with Gasteiger partial charge in [0.15, 0.2) is 0 Å². The van der Waals surface area contributed by atoms with Crippen LogP contribution in [-0.4, -0.2) is 35.4 Å². The Morgan fingerprint density at radius 2 is 1.83 bits per heavy atom. The van der Waals surface area contributed by atoms with Gasteiger partial charge >= 0.3 is 11.9 Å². The molecule has 5 atom stereocenters. The molecule has 0 amide bonds. The van der Waals surface area contributed by atoms with Crippen LogP contribution in [0, 0.1) is 11.8 Å². The van der Waals surface area contributed by atoms with Crippen LogP contribution in [0.25, 0.3) is 0 Å². The van der Waals surface area contributed by atoms with Gasteiger partial charge in [-0.05, 0) is 17.7 Å². The van der Waals surface area contributed by atoms with Crippen LogP contribution in [-0.2, 0) is 20.7 Å². The van der Waals surface area contributed by atoms with Crippen LogP contribution in [0.1, 0.15) is 28.8 Å². The Kier molecular flexibility index (Phi) is 5.76. The van der Waals surface area contributed by atoms with E-state index in [1.807, 2.05) is 42.5 Å². The summed E-state index contributed by atoms with van der Waals surface area (Å²) in [6, 6.07) is 18.6. The molecule has 1 aliphatic carbocycles. The van der Waals surface area contributed by atoms with Crippen molar-refractivity contribution in [2.75, 3.05) is 0 Å². The topological polar surface area (TPSA) is 72.8 Å². The maximum Gasteiger partial charge on any atom is 0.338 e. The van der Waals surface area contributed by atoms with Gasteiger partial charge in [0.25, 0.3) is 0 Å². The van der Waals surface area contributed by atoms with Gasteiger partial charge in [-0.2, -0.15) is 0 Å². The van der Waals surface area contributed by atoms with E-state index >= 15 is 0 Å². The van der Waals surface area contributed by atoms with Crippen LogP contribution in [0.3, 0.4) is 0 Å². The van der Waals surface area contributed by atoms with Crippen molar-refractivity contribution in [2.24, 2.45) is 11.8 Å². The lowest BCUT2D eigenvalue weighted by atomic mass is 9.91. The minimum atomic E-state index is -0.653. The molecule has 1 saturated carbocycles. The van der Waals surface area contributed by atoms with Crippen molar-refractivity contribution in [3.8, 4) is 0 Å². The number of carbonyl (C=O) groups excluding carboxylic acids is 2. The third-order valence-corrected chi connectivity index (χ3v) is 5.66. The van der Waals surface area contributed by atoms with Gasteiger partial charge in [-0.3, -0.25) is 4.79 Å². The number of fused-ring (bicyclic) bond motifs is 1. The molecule has 1 N–H and O–H groups in total. The molecule has 29 heavy (non-hydrogen) atoms. The average molecular weight is 392 g/mol. The Balaban J connectivity index is 1.46. The van der Waals surface area contributed by atoms with Gasteiger partial charge in [0.1, 0.15) is 12.2 Å². The summed E-state index contributed by atoms with van der Waals surface area (Å²) in [7, 11) is 0. The third-order valence-electron chi connectivity index (χ3n) is 5.66. The summed E-state index contributed by atoms with van der Waals surface area (Å²) in [4.78, 5) is 24.2. The molecule has 0 spiro atoms. The molecule has 150 valence electrons. The van der Waals surface area contributed by atoms with Crippen LogP contribution in [0.5, 0.6) is 0 Å². The highest BCUT2D eigenvalue weighted by Gasteiger charge is 2.50. The highest BCUT2D eigenvalue weighted by molar-refractivity contribution is 5.89. The minimum Gasteiger partial charge on any atom is -0.462 e. The van der Waals surface area contributed by atoms with Gasteiger partial charge in [-0.1, -0.05) is 60.7 Å². The standard InChI is InChI=1S/C24H24O5/c25-18(13-16-7-3-1-4-8-16)11-12-19-20-14-23(26)28-22(20)15-21(19)29-24(27)17-9-5-2-6-10-17/h1-12,18-22,25H,13-15H2/t18-,19-,20-,21-,22+/m1/s1. The van der Waals surface area contributed by atoms with E-state index < -0.39 is 6.10 Å².